The van der Waals surface area contributed by atoms with Crippen LogP contribution >= 0.6 is 23.4 Å². The maximum Gasteiger partial charge on any atom is 0.283 e. The largest absolute Gasteiger partial charge is 0.490 e. The van der Waals surface area contributed by atoms with Gasteiger partial charge in [-0.2, -0.15) is 15.1 Å². The van der Waals surface area contributed by atoms with Crippen molar-refractivity contribution in [3.05, 3.63) is 94.3 Å². The van der Waals surface area contributed by atoms with Crippen molar-refractivity contribution < 1.29 is 14.3 Å². The monoisotopic (exact) mass is 545 g/mol. The lowest BCUT2D eigenvalue weighted by atomic mass is 10.0. The fraction of sp³-hybridized carbons (Fsp3) is 0.179. The Kier molecular flexibility index (Phi) is 7.57. The lowest BCUT2D eigenvalue weighted by molar-refractivity contribution is -0.114. The van der Waals surface area contributed by atoms with E-state index in [0.717, 1.165) is 11.3 Å². The van der Waals surface area contributed by atoms with Crippen LogP contribution in [-0.4, -0.2) is 45.2 Å². The summed E-state index contributed by atoms with van der Waals surface area (Å²) >= 11 is 7.66. The zero-order chi connectivity index (χ0) is 26.6. The summed E-state index contributed by atoms with van der Waals surface area (Å²) in [5.74, 6) is 1.19. The van der Waals surface area contributed by atoms with Crippen LogP contribution in [0.5, 0.6) is 11.5 Å². The molecule has 1 aromatic heterocycles. The Balaban J connectivity index is 1.22. The number of pyridine rings is 1. The summed E-state index contributed by atoms with van der Waals surface area (Å²) in [6.45, 7) is 4.98. The van der Waals surface area contributed by atoms with E-state index >= 15 is 0 Å². The van der Waals surface area contributed by atoms with E-state index in [1.165, 1.54) is 22.3 Å². The molecule has 0 unspecified atom stereocenters. The molecule has 0 bridgehead atoms. The second-order valence-electron chi connectivity index (χ2n) is 8.78. The summed E-state index contributed by atoms with van der Waals surface area (Å²) in [5.41, 5.74) is 2.80. The number of amidine groups is 2. The van der Waals surface area contributed by atoms with E-state index in [2.05, 4.69) is 41.1 Å². The van der Waals surface area contributed by atoms with Crippen molar-refractivity contribution in [1.82, 2.24) is 9.99 Å². The molecule has 0 fully saturated rings. The molecular formula is C28H24ClN5O3S. The topological polar surface area (TPSA) is 100 Å². The molecule has 3 heterocycles. The number of ether oxygens (including phenoxy) is 2. The number of fused-ring (bicyclic) bond motifs is 1. The third kappa shape index (κ3) is 5.64. The molecule has 0 saturated carbocycles. The standard InChI is InChI=1S/C28H24ClN5O3S/c1-17(2)19-6-8-21(9-7-19)36-12-13-37-24-10-5-18(15-23(24)29)14-22-25(30)34-28(32-26(22)35)38-27(33-34)20-4-3-11-31-16-20/h3-11,14-17,30H,12-13H2,1-2H3/b22-14-,30-25?. The second-order valence-corrected chi connectivity index (χ2v) is 10.1. The number of carbonyl (C=O) groups is 1. The molecule has 0 aliphatic carbocycles. The van der Waals surface area contributed by atoms with E-state index in [4.69, 9.17) is 26.5 Å². The third-order valence-electron chi connectivity index (χ3n) is 5.79. The van der Waals surface area contributed by atoms with Gasteiger partial charge in [-0.05, 0) is 71.3 Å². The highest BCUT2D eigenvalue weighted by Crippen LogP contribution is 2.32. The molecule has 2 aliphatic heterocycles. The quantitative estimate of drug-likeness (QED) is 0.276. The van der Waals surface area contributed by atoms with Crippen molar-refractivity contribution >= 4 is 51.4 Å². The minimum Gasteiger partial charge on any atom is -0.490 e. The van der Waals surface area contributed by atoms with Crippen molar-refractivity contribution in [1.29, 1.82) is 5.41 Å². The number of nitrogens with one attached hydrogen (secondary N) is 1. The number of nitrogens with zero attached hydrogens (tertiary/aromatic N) is 4. The number of benzene rings is 2. The van der Waals surface area contributed by atoms with Crippen LogP contribution in [0.1, 0.15) is 36.5 Å². The number of halogens is 1. The Labute approximate surface area is 229 Å². The summed E-state index contributed by atoms with van der Waals surface area (Å²) in [7, 11) is 0. The number of aliphatic imine (C=N–C) groups is 1. The molecular weight excluding hydrogens is 522 g/mol. The predicted octanol–water partition coefficient (Wildman–Crippen LogP) is 5.98. The minimum absolute atomic E-state index is 0.0542. The number of aromatic nitrogens is 1. The third-order valence-corrected chi connectivity index (χ3v) is 7.04. The van der Waals surface area contributed by atoms with Gasteiger partial charge in [0.15, 0.2) is 5.84 Å². The van der Waals surface area contributed by atoms with Crippen molar-refractivity contribution in [2.45, 2.75) is 19.8 Å². The molecule has 0 spiro atoms. The van der Waals surface area contributed by atoms with Gasteiger partial charge in [0.05, 0.1) is 10.6 Å². The molecule has 8 nitrogen and oxygen atoms in total. The maximum atomic E-state index is 12.7. The molecule has 3 aromatic rings. The molecule has 2 aromatic carbocycles. The zero-order valence-electron chi connectivity index (χ0n) is 20.7. The van der Waals surface area contributed by atoms with Crippen molar-refractivity contribution in [3.8, 4) is 11.5 Å². The van der Waals surface area contributed by atoms with E-state index < -0.39 is 5.91 Å². The van der Waals surface area contributed by atoms with Crippen LogP contribution in [0.15, 0.2) is 82.7 Å². The van der Waals surface area contributed by atoms with Gasteiger partial charge < -0.3 is 9.47 Å². The van der Waals surface area contributed by atoms with Gasteiger partial charge >= 0.3 is 0 Å². The SMILES string of the molecule is CC(C)c1ccc(OCCOc2ccc(/C=C3/C(=N)N4N=C(c5cccnc5)SC4=NC3=O)cc2Cl)cc1. The second kappa shape index (κ2) is 11.2. The smallest absolute Gasteiger partial charge is 0.283 e. The highest BCUT2D eigenvalue weighted by Gasteiger charge is 2.36. The maximum absolute atomic E-state index is 12.7. The fourth-order valence-electron chi connectivity index (χ4n) is 3.75. The van der Waals surface area contributed by atoms with Gasteiger partial charge in [0.25, 0.3) is 5.91 Å². The van der Waals surface area contributed by atoms with Crippen LogP contribution in [0.3, 0.4) is 0 Å². The first-order valence-corrected chi connectivity index (χ1v) is 13.1. The predicted molar refractivity (Wildman–Crippen MR) is 151 cm³/mol. The molecule has 192 valence electrons. The number of rotatable bonds is 8. The molecule has 10 heteroatoms. The van der Waals surface area contributed by atoms with Crippen molar-refractivity contribution in [3.63, 3.8) is 0 Å². The Hall–Kier alpha value is -3.95. The van der Waals surface area contributed by atoms with E-state index in [1.807, 2.05) is 18.2 Å². The van der Waals surface area contributed by atoms with Gasteiger partial charge in [0.2, 0.25) is 5.17 Å². The van der Waals surface area contributed by atoms with E-state index in [-0.39, 0.29) is 11.4 Å². The average molecular weight is 546 g/mol. The van der Waals surface area contributed by atoms with Gasteiger partial charge in [-0.3, -0.25) is 15.2 Å². The Morgan fingerprint density at radius 2 is 1.89 bits per heavy atom. The summed E-state index contributed by atoms with van der Waals surface area (Å²) < 4.78 is 11.5. The first kappa shape index (κ1) is 25.7. The first-order valence-electron chi connectivity index (χ1n) is 11.9. The number of hydrogen-bond donors (Lipinski definition) is 1. The molecule has 1 N–H and O–H groups in total. The lowest BCUT2D eigenvalue weighted by Crippen LogP contribution is -2.35. The Morgan fingerprint density at radius 3 is 2.61 bits per heavy atom. The Bertz CT molecular complexity index is 1470. The molecule has 2 aliphatic rings. The summed E-state index contributed by atoms with van der Waals surface area (Å²) in [6, 6.07) is 16.9. The molecule has 38 heavy (non-hydrogen) atoms. The number of thioether (sulfide) groups is 1. The number of carbonyl (C=O) groups excluding carboxylic acids is 1. The highest BCUT2D eigenvalue weighted by atomic mass is 35.5. The van der Waals surface area contributed by atoms with Gasteiger partial charge in [-0.1, -0.05) is 43.6 Å². The fourth-order valence-corrected chi connectivity index (χ4v) is 4.87. The zero-order valence-corrected chi connectivity index (χ0v) is 22.3. The lowest BCUT2D eigenvalue weighted by Gasteiger charge is -2.20. The molecule has 0 atom stereocenters. The summed E-state index contributed by atoms with van der Waals surface area (Å²) in [4.78, 5) is 20.9. The van der Waals surface area contributed by atoms with Crippen LogP contribution in [-0.2, 0) is 4.79 Å². The normalized spacial score (nSPS) is 16.0. The van der Waals surface area contributed by atoms with E-state index in [0.29, 0.717) is 45.7 Å². The van der Waals surface area contributed by atoms with Crippen LogP contribution < -0.4 is 9.47 Å². The first-order chi connectivity index (χ1) is 18.4. The number of amides is 1. The van der Waals surface area contributed by atoms with Gasteiger partial charge in [0.1, 0.15) is 29.8 Å². The van der Waals surface area contributed by atoms with Crippen LogP contribution in [0.25, 0.3) is 6.08 Å². The number of hydrogen-bond acceptors (Lipinski definition) is 7. The van der Waals surface area contributed by atoms with E-state index in [9.17, 15) is 4.79 Å². The minimum atomic E-state index is -0.508. The molecule has 1 amide bonds. The Morgan fingerprint density at radius 1 is 1.11 bits per heavy atom. The van der Waals surface area contributed by atoms with Gasteiger partial charge in [-0.15, -0.1) is 0 Å². The van der Waals surface area contributed by atoms with Crippen LogP contribution in [0, 0.1) is 5.41 Å². The molecule has 0 saturated heterocycles. The van der Waals surface area contributed by atoms with E-state index in [1.54, 1.807) is 42.7 Å². The summed E-state index contributed by atoms with van der Waals surface area (Å²) in [6.07, 6.45) is 4.92. The highest BCUT2D eigenvalue weighted by molar-refractivity contribution is 8.27. The van der Waals surface area contributed by atoms with Crippen LogP contribution in [0.2, 0.25) is 5.02 Å². The van der Waals surface area contributed by atoms with Gasteiger partial charge in [0, 0.05) is 18.0 Å². The molecule has 0 radical (unpaired) electrons. The van der Waals surface area contributed by atoms with Gasteiger partial charge in [-0.25, -0.2) is 0 Å². The van der Waals surface area contributed by atoms with Crippen LogP contribution in [0.4, 0.5) is 0 Å². The summed E-state index contributed by atoms with van der Waals surface area (Å²) in [5, 5.41) is 15.7. The average Bonchev–Trinajstić information content (AvgIpc) is 3.35. The number of hydrazone groups is 1. The van der Waals surface area contributed by atoms with Crippen molar-refractivity contribution in [2.24, 2.45) is 10.1 Å². The molecule has 5 rings (SSSR count). The van der Waals surface area contributed by atoms with Crippen molar-refractivity contribution in [2.75, 3.05) is 13.2 Å².